The van der Waals surface area contributed by atoms with Crippen LogP contribution >= 0.6 is 7.82 Å². The molecule has 0 aliphatic heterocycles. The molecule has 3 unspecified atom stereocenters. The van der Waals surface area contributed by atoms with Crippen molar-refractivity contribution in [2.24, 2.45) is 5.73 Å². The van der Waals surface area contributed by atoms with Gasteiger partial charge in [0.1, 0.15) is 0 Å². The predicted molar refractivity (Wildman–Crippen MR) is 152 cm³/mol. The topological polar surface area (TPSA) is 131 Å². The van der Waals surface area contributed by atoms with Crippen LogP contribution in [0.1, 0.15) is 129 Å². The van der Waals surface area contributed by atoms with Gasteiger partial charge in [0.15, 0.2) is 0 Å². The second kappa shape index (κ2) is 25.5. The third-order valence-electron chi connectivity index (χ3n) is 6.36. The average Bonchev–Trinajstić information content (AvgIpc) is 2.87. The van der Waals surface area contributed by atoms with Gasteiger partial charge >= 0.3 is 7.82 Å². The number of unbranched alkanes of at least 4 members (excludes halogenated alkanes) is 15. The molecule has 0 aromatic rings. The van der Waals surface area contributed by atoms with Crippen molar-refractivity contribution in [3.8, 4) is 0 Å². The summed E-state index contributed by atoms with van der Waals surface area (Å²) in [6, 6.07) is -0.849. The minimum absolute atomic E-state index is 0.0801. The van der Waals surface area contributed by atoms with Crippen LogP contribution in [0.25, 0.3) is 0 Å². The maximum Gasteiger partial charge on any atom is 0.472 e. The van der Waals surface area contributed by atoms with E-state index in [-0.39, 0.29) is 25.7 Å². The fourth-order valence-corrected chi connectivity index (χ4v) is 4.83. The van der Waals surface area contributed by atoms with Gasteiger partial charge in [0, 0.05) is 13.0 Å². The quantitative estimate of drug-likeness (QED) is 0.0520. The zero-order valence-electron chi connectivity index (χ0n) is 23.7. The summed E-state index contributed by atoms with van der Waals surface area (Å²) < 4.78 is 21.8. The number of hydrogen-bond acceptors (Lipinski definition) is 6. The van der Waals surface area contributed by atoms with Gasteiger partial charge in [-0.1, -0.05) is 116 Å². The molecule has 0 aliphatic carbocycles. The second-order valence-electron chi connectivity index (χ2n) is 9.97. The fourth-order valence-electron chi connectivity index (χ4n) is 4.07. The van der Waals surface area contributed by atoms with Crippen LogP contribution < -0.4 is 11.1 Å². The van der Waals surface area contributed by atoms with E-state index in [0.717, 1.165) is 38.5 Å². The largest absolute Gasteiger partial charge is 0.472 e. The summed E-state index contributed by atoms with van der Waals surface area (Å²) in [6.45, 7) is 4.04. The van der Waals surface area contributed by atoms with E-state index in [2.05, 4.69) is 19.2 Å². The van der Waals surface area contributed by atoms with Crippen LogP contribution in [-0.4, -0.2) is 47.8 Å². The summed E-state index contributed by atoms with van der Waals surface area (Å²) in [7, 11) is -4.31. The highest BCUT2D eigenvalue weighted by molar-refractivity contribution is 7.47. The molecule has 0 aromatic carbocycles. The number of hydrogen-bond donors (Lipinski definition) is 4. The fraction of sp³-hybridized carbons (Fsp3) is 0.893. The number of rotatable bonds is 27. The van der Waals surface area contributed by atoms with Gasteiger partial charge < -0.3 is 21.1 Å². The van der Waals surface area contributed by atoms with Gasteiger partial charge in [-0.15, -0.1) is 0 Å². The normalized spacial score (nSPS) is 15.1. The van der Waals surface area contributed by atoms with Gasteiger partial charge in [0.2, 0.25) is 5.91 Å². The van der Waals surface area contributed by atoms with Gasteiger partial charge in [-0.3, -0.25) is 13.8 Å². The van der Waals surface area contributed by atoms with Crippen molar-refractivity contribution in [3.63, 3.8) is 0 Å². The van der Waals surface area contributed by atoms with Crippen LogP contribution in [0, 0.1) is 0 Å². The second-order valence-corrected chi connectivity index (χ2v) is 11.4. The van der Waals surface area contributed by atoms with Crippen molar-refractivity contribution < 1.29 is 28.4 Å². The number of aliphatic hydroxyl groups excluding tert-OH is 1. The highest BCUT2D eigenvalue weighted by Gasteiger charge is 2.26. The van der Waals surface area contributed by atoms with E-state index in [9.17, 15) is 19.4 Å². The van der Waals surface area contributed by atoms with E-state index < -0.39 is 20.0 Å². The number of nitrogens with two attached hydrogens (primary N) is 1. The Morgan fingerprint density at radius 2 is 1.38 bits per heavy atom. The number of aliphatic hydroxyl groups is 1. The SMILES string of the molecule is CCCCCCCCC/C=C/C(O)C(COP(=O)(O)OCCN)NC(=O)CCCCCCCCCCC. The summed E-state index contributed by atoms with van der Waals surface area (Å²) in [5, 5.41) is 13.4. The first-order valence-corrected chi connectivity index (χ1v) is 16.3. The minimum atomic E-state index is -4.31. The molecule has 0 saturated carbocycles. The number of carbonyl (C=O) groups is 1. The summed E-state index contributed by atoms with van der Waals surface area (Å²) in [6.07, 6.45) is 22.6. The lowest BCUT2D eigenvalue weighted by atomic mass is 10.1. The van der Waals surface area contributed by atoms with Gasteiger partial charge in [0.25, 0.3) is 0 Å². The van der Waals surface area contributed by atoms with Crippen LogP contribution in [0.2, 0.25) is 0 Å². The molecular formula is C28H57N2O6P. The number of nitrogens with one attached hydrogen (secondary N) is 1. The van der Waals surface area contributed by atoms with Gasteiger partial charge in [-0.2, -0.15) is 0 Å². The minimum Gasteiger partial charge on any atom is -0.387 e. The van der Waals surface area contributed by atoms with Crippen LogP contribution in [0.4, 0.5) is 0 Å². The van der Waals surface area contributed by atoms with Crippen LogP contribution in [0.15, 0.2) is 12.2 Å². The van der Waals surface area contributed by atoms with E-state index >= 15 is 0 Å². The number of allylic oxidation sites excluding steroid dienone is 1. The Bertz CT molecular complexity index is 605. The summed E-state index contributed by atoms with van der Waals surface area (Å²) in [5.41, 5.74) is 5.31. The van der Waals surface area contributed by atoms with E-state index in [1.165, 1.54) is 70.6 Å². The van der Waals surface area contributed by atoms with E-state index in [0.29, 0.717) is 6.42 Å². The molecule has 0 bridgehead atoms. The van der Waals surface area contributed by atoms with Crippen LogP contribution in [0.3, 0.4) is 0 Å². The maximum absolute atomic E-state index is 12.5. The number of carbonyl (C=O) groups excluding carboxylic acids is 1. The van der Waals surface area contributed by atoms with Crippen molar-refractivity contribution in [2.75, 3.05) is 19.8 Å². The Labute approximate surface area is 226 Å². The van der Waals surface area contributed by atoms with Crippen molar-refractivity contribution in [2.45, 2.75) is 142 Å². The van der Waals surface area contributed by atoms with Crippen molar-refractivity contribution >= 4 is 13.7 Å². The first-order chi connectivity index (χ1) is 17.9. The van der Waals surface area contributed by atoms with Crippen molar-refractivity contribution in [1.29, 1.82) is 0 Å². The lowest BCUT2D eigenvalue weighted by Crippen LogP contribution is -2.45. The smallest absolute Gasteiger partial charge is 0.387 e. The molecule has 0 aliphatic rings. The number of phosphoric ester groups is 1. The lowest BCUT2D eigenvalue weighted by Gasteiger charge is -2.23. The first kappa shape index (κ1) is 36.2. The standard InChI is InChI=1S/C28H57N2O6P/c1-3-5-7-9-11-13-15-17-19-21-27(31)26(25-36-37(33,34)35-24-23-29)30-28(32)22-20-18-16-14-12-10-8-6-4-2/h19,21,26-27,31H,3-18,20,22-25,29H2,1-2H3,(H,30,32)(H,33,34)/b21-19+. The summed E-state index contributed by atoms with van der Waals surface area (Å²) in [5.74, 6) is -0.202. The van der Waals surface area contributed by atoms with E-state index in [1.54, 1.807) is 6.08 Å². The Morgan fingerprint density at radius 3 is 1.92 bits per heavy atom. The third-order valence-corrected chi connectivity index (χ3v) is 7.35. The van der Waals surface area contributed by atoms with Crippen molar-refractivity contribution in [1.82, 2.24) is 5.32 Å². The Balaban J connectivity index is 4.50. The molecule has 0 rings (SSSR count). The molecular weight excluding hydrogens is 491 g/mol. The van der Waals surface area contributed by atoms with Gasteiger partial charge in [-0.05, 0) is 19.3 Å². The van der Waals surface area contributed by atoms with Gasteiger partial charge in [-0.25, -0.2) is 4.57 Å². The molecule has 0 heterocycles. The molecule has 1 amide bonds. The molecule has 8 nitrogen and oxygen atoms in total. The van der Waals surface area contributed by atoms with Gasteiger partial charge in [0.05, 0.1) is 25.4 Å². The van der Waals surface area contributed by atoms with Crippen LogP contribution in [0.5, 0.6) is 0 Å². The summed E-state index contributed by atoms with van der Waals surface area (Å²) in [4.78, 5) is 22.3. The zero-order valence-corrected chi connectivity index (χ0v) is 24.6. The molecule has 5 N–H and O–H groups in total. The Kier molecular flexibility index (Phi) is 25.0. The lowest BCUT2D eigenvalue weighted by molar-refractivity contribution is -0.123. The highest BCUT2D eigenvalue weighted by Crippen LogP contribution is 2.43. The maximum atomic E-state index is 12.5. The molecule has 37 heavy (non-hydrogen) atoms. The molecule has 220 valence electrons. The first-order valence-electron chi connectivity index (χ1n) is 14.8. The number of amides is 1. The zero-order chi connectivity index (χ0) is 27.6. The molecule has 0 fully saturated rings. The van der Waals surface area contributed by atoms with E-state index in [1.807, 2.05) is 6.08 Å². The van der Waals surface area contributed by atoms with Crippen molar-refractivity contribution in [3.05, 3.63) is 12.2 Å². The monoisotopic (exact) mass is 548 g/mol. The highest BCUT2D eigenvalue weighted by atomic mass is 31.2. The number of phosphoric acid groups is 1. The molecule has 3 atom stereocenters. The van der Waals surface area contributed by atoms with E-state index in [4.69, 9.17) is 14.8 Å². The third kappa shape index (κ3) is 24.0. The molecule has 0 spiro atoms. The molecule has 0 radical (unpaired) electrons. The Hall–Kier alpha value is -0.760. The van der Waals surface area contributed by atoms with Crippen LogP contribution in [-0.2, 0) is 18.4 Å². The Morgan fingerprint density at radius 1 is 0.865 bits per heavy atom. The molecule has 9 heteroatoms. The molecule has 0 saturated heterocycles. The molecule has 0 aromatic heterocycles. The summed E-state index contributed by atoms with van der Waals surface area (Å²) >= 11 is 0. The average molecular weight is 549 g/mol. The predicted octanol–water partition coefficient (Wildman–Crippen LogP) is 6.54.